The van der Waals surface area contributed by atoms with Crippen molar-refractivity contribution >= 4 is 23.3 Å². The number of urea groups is 1. The van der Waals surface area contributed by atoms with E-state index in [1.54, 1.807) is 24.3 Å². The summed E-state index contributed by atoms with van der Waals surface area (Å²) in [5.41, 5.74) is 6.78. The quantitative estimate of drug-likeness (QED) is 0.838. The Hall–Kier alpha value is -2.04. The van der Waals surface area contributed by atoms with E-state index in [4.69, 9.17) is 5.73 Å². The summed E-state index contributed by atoms with van der Waals surface area (Å²) in [6, 6.07) is 6.35. The maximum Gasteiger partial charge on any atom is 0.328 e. The number of anilines is 2. The van der Waals surface area contributed by atoms with E-state index in [0.717, 1.165) is 11.3 Å². The van der Waals surface area contributed by atoms with Gasteiger partial charge in [0.25, 0.3) is 0 Å². The second kappa shape index (κ2) is 7.82. The van der Waals surface area contributed by atoms with Gasteiger partial charge in [-0.25, -0.2) is 9.69 Å². The van der Waals surface area contributed by atoms with Gasteiger partial charge in [-0.15, -0.1) is 0 Å². The molecule has 1 aliphatic rings. The van der Waals surface area contributed by atoms with Crippen molar-refractivity contribution in [3.8, 4) is 0 Å². The van der Waals surface area contributed by atoms with Crippen LogP contribution in [0.4, 0.5) is 16.2 Å². The third-order valence-electron chi connectivity index (χ3n) is 4.22. The molecular weight excluding hydrogens is 278 g/mol. The van der Waals surface area contributed by atoms with Gasteiger partial charge in [-0.3, -0.25) is 4.79 Å². The predicted octanol–water partition coefficient (Wildman–Crippen LogP) is 3.30. The zero-order valence-corrected chi connectivity index (χ0v) is 13.2. The van der Waals surface area contributed by atoms with Crippen molar-refractivity contribution in [1.82, 2.24) is 5.32 Å². The van der Waals surface area contributed by atoms with Gasteiger partial charge < -0.3 is 11.1 Å². The number of nitrogens with two attached hydrogens (primary N) is 1. The standard InChI is InChI=1S/C17H25N3O2/c1-13(21)20(16-9-7-15(18)8-10-16)17(22)19-12-11-14-5-3-2-4-6-14/h7-10,14H,2-6,11-12,18H2,1H3,(H,19,22). The van der Waals surface area contributed by atoms with Crippen LogP contribution in [0, 0.1) is 5.92 Å². The highest BCUT2D eigenvalue weighted by Crippen LogP contribution is 2.25. The maximum absolute atomic E-state index is 12.3. The van der Waals surface area contributed by atoms with Gasteiger partial charge in [-0.2, -0.15) is 0 Å². The van der Waals surface area contributed by atoms with Gasteiger partial charge in [0, 0.05) is 19.2 Å². The number of hydrogen-bond acceptors (Lipinski definition) is 3. The van der Waals surface area contributed by atoms with E-state index < -0.39 is 0 Å². The van der Waals surface area contributed by atoms with Crippen molar-refractivity contribution in [2.24, 2.45) is 5.92 Å². The summed E-state index contributed by atoms with van der Waals surface area (Å²) < 4.78 is 0. The van der Waals surface area contributed by atoms with Crippen molar-refractivity contribution in [3.63, 3.8) is 0 Å². The number of carbonyl (C=O) groups is 2. The van der Waals surface area contributed by atoms with E-state index in [-0.39, 0.29) is 11.9 Å². The average molecular weight is 303 g/mol. The van der Waals surface area contributed by atoms with Crippen molar-refractivity contribution in [3.05, 3.63) is 24.3 Å². The van der Waals surface area contributed by atoms with Gasteiger partial charge in [-0.1, -0.05) is 32.1 Å². The first-order valence-corrected chi connectivity index (χ1v) is 8.02. The first kappa shape index (κ1) is 16.3. The molecule has 0 atom stereocenters. The Morgan fingerprint density at radius 1 is 1.18 bits per heavy atom. The number of nitrogens with zero attached hydrogens (tertiary/aromatic N) is 1. The molecule has 3 N–H and O–H groups in total. The smallest absolute Gasteiger partial charge is 0.328 e. The molecule has 1 aliphatic carbocycles. The average Bonchev–Trinajstić information content (AvgIpc) is 2.50. The normalized spacial score (nSPS) is 15.3. The fourth-order valence-corrected chi connectivity index (χ4v) is 3.00. The Bertz CT molecular complexity index is 507. The third kappa shape index (κ3) is 4.48. The minimum Gasteiger partial charge on any atom is -0.399 e. The second-order valence-electron chi connectivity index (χ2n) is 5.97. The van der Waals surface area contributed by atoms with Crippen molar-refractivity contribution in [2.45, 2.75) is 45.4 Å². The highest BCUT2D eigenvalue weighted by atomic mass is 16.2. The Labute approximate surface area is 131 Å². The number of benzene rings is 1. The molecule has 5 heteroatoms. The van der Waals surface area contributed by atoms with Crippen LogP contribution in [0.3, 0.4) is 0 Å². The van der Waals surface area contributed by atoms with Gasteiger partial charge in [0.15, 0.2) is 0 Å². The molecule has 0 aliphatic heterocycles. The van der Waals surface area contributed by atoms with Crippen LogP contribution in [0.25, 0.3) is 0 Å². The van der Waals surface area contributed by atoms with Crippen LogP contribution in [0.15, 0.2) is 24.3 Å². The lowest BCUT2D eigenvalue weighted by Gasteiger charge is -2.23. The second-order valence-corrected chi connectivity index (χ2v) is 5.97. The lowest BCUT2D eigenvalue weighted by Crippen LogP contribution is -2.43. The van der Waals surface area contributed by atoms with E-state index in [1.165, 1.54) is 39.0 Å². The number of imide groups is 1. The molecule has 0 unspecified atom stereocenters. The number of amides is 3. The summed E-state index contributed by atoms with van der Waals surface area (Å²) in [4.78, 5) is 25.2. The van der Waals surface area contributed by atoms with Crippen LogP contribution in [-0.4, -0.2) is 18.5 Å². The molecule has 0 aromatic heterocycles. The topological polar surface area (TPSA) is 75.4 Å². The fourth-order valence-electron chi connectivity index (χ4n) is 3.00. The number of rotatable bonds is 4. The SMILES string of the molecule is CC(=O)N(C(=O)NCCC1CCCCC1)c1ccc(N)cc1. The van der Waals surface area contributed by atoms with Crippen molar-refractivity contribution in [2.75, 3.05) is 17.2 Å². The fraction of sp³-hybridized carbons (Fsp3) is 0.529. The summed E-state index contributed by atoms with van der Waals surface area (Å²) in [7, 11) is 0. The Balaban J connectivity index is 1.89. The van der Waals surface area contributed by atoms with E-state index in [9.17, 15) is 9.59 Å². The third-order valence-corrected chi connectivity index (χ3v) is 4.22. The Morgan fingerprint density at radius 3 is 2.41 bits per heavy atom. The molecule has 1 aromatic rings. The van der Waals surface area contributed by atoms with Gasteiger partial charge in [0.1, 0.15) is 0 Å². The highest BCUT2D eigenvalue weighted by molar-refractivity contribution is 6.13. The zero-order valence-electron chi connectivity index (χ0n) is 13.2. The summed E-state index contributed by atoms with van der Waals surface area (Å²) in [6.07, 6.45) is 7.42. The predicted molar refractivity (Wildman–Crippen MR) is 88.6 cm³/mol. The van der Waals surface area contributed by atoms with Crippen molar-refractivity contribution < 1.29 is 9.59 Å². The van der Waals surface area contributed by atoms with Crippen LogP contribution in [0.5, 0.6) is 0 Å². The number of nitrogens with one attached hydrogen (secondary N) is 1. The van der Waals surface area contributed by atoms with E-state index in [1.807, 2.05) is 0 Å². The zero-order chi connectivity index (χ0) is 15.9. The molecule has 1 saturated carbocycles. The molecule has 120 valence electrons. The molecule has 1 fully saturated rings. The maximum atomic E-state index is 12.3. The summed E-state index contributed by atoms with van der Waals surface area (Å²) in [6.45, 7) is 2.00. The minimum absolute atomic E-state index is 0.306. The van der Waals surface area contributed by atoms with E-state index in [0.29, 0.717) is 23.8 Å². The molecule has 0 spiro atoms. The summed E-state index contributed by atoms with van der Waals surface area (Å²) >= 11 is 0. The van der Waals surface area contributed by atoms with Crippen LogP contribution >= 0.6 is 0 Å². The van der Waals surface area contributed by atoms with Gasteiger partial charge in [0.05, 0.1) is 5.69 Å². The molecule has 22 heavy (non-hydrogen) atoms. The highest BCUT2D eigenvalue weighted by Gasteiger charge is 2.20. The van der Waals surface area contributed by atoms with E-state index in [2.05, 4.69) is 5.32 Å². The Kier molecular flexibility index (Phi) is 5.81. The molecule has 0 saturated heterocycles. The monoisotopic (exact) mass is 303 g/mol. The lowest BCUT2D eigenvalue weighted by molar-refractivity contribution is -0.115. The Morgan fingerprint density at radius 2 is 1.82 bits per heavy atom. The molecule has 0 bridgehead atoms. The van der Waals surface area contributed by atoms with Crippen LogP contribution in [-0.2, 0) is 4.79 Å². The van der Waals surface area contributed by atoms with Crippen LogP contribution in [0.1, 0.15) is 45.4 Å². The van der Waals surface area contributed by atoms with Crippen LogP contribution in [0.2, 0.25) is 0 Å². The first-order valence-electron chi connectivity index (χ1n) is 8.02. The summed E-state index contributed by atoms with van der Waals surface area (Å²) in [5, 5.41) is 2.86. The minimum atomic E-state index is -0.368. The molecule has 0 radical (unpaired) electrons. The largest absolute Gasteiger partial charge is 0.399 e. The van der Waals surface area contributed by atoms with Gasteiger partial charge in [0.2, 0.25) is 5.91 Å². The number of carbonyl (C=O) groups excluding carboxylic acids is 2. The molecular formula is C17H25N3O2. The molecule has 0 heterocycles. The first-order chi connectivity index (χ1) is 10.6. The summed E-state index contributed by atoms with van der Waals surface area (Å²) in [5.74, 6) is 0.399. The molecule has 5 nitrogen and oxygen atoms in total. The van der Waals surface area contributed by atoms with Gasteiger partial charge in [-0.05, 0) is 36.6 Å². The van der Waals surface area contributed by atoms with Gasteiger partial charge >= 0.3 is 6.03 Å². The number of nitrogen functional groups attached to an aromatic ring is 1. The molecule has 1 aromatic carbocycles. The van der Waals surface area contributed by atoms with Crippen LogP contribution < -0.4 is 16.0 Å². The molecule has 3 amide bonds. The van der Waals surface area contributed by atoms with E-state index >= 15 is 0 Å². The molecule has 2 rings (SSSR count). The van der Waals surface area contributed by atoms with Crippen molar-refractivity contribution in [1.29, 1.82) is 0 Å². The lowest BCUT2D eigenvalue weighted by atomic mass is 9.87. The number of hydrogen-bond donors (Lipinski definition) is 2.